The van der Waals surface area contributed by atoms with Gasteiger partial charge in [-0.25, -0.2) is 9.38 Å². The molecule has 160 valence electrons. The zero-order valence-electron chi connectivity index (χ0n) is 16.8. The van der Waals surface area contributed by atoms with Gasteiger partial charge in [-0.1, -0.05) is 25.1 Å². The van der Waals surface area contributed by atoms with Crippen molar-refractivity contribution in [1.82, 2.24) is 4.90 Å². The number of hydrogen-bond acceptors (Lipinski definition) is 7. The molecule has 0 aliphatic carbocycles. The van der Waals surface area contributed by atoms with Gasteiger partial charge in [0.2, 0.25) is 18.2 Å². The second-order valence-corrected chi connectivity index (χ2v) is 6.92. The summed E-state index contributed by atoms with van der Waals surface area (Å²) in [6.07, 6.45) is 0.414. The van der Waals surface area contributed by atoms with Gasteiger partial charge in [-0.3, -0.25) is 4.90 Å². The minimum atomic E-state index is -0.556. The molecule has 1 atom stereocenters. The fourth-order valence-electron chi connectivity index (χ4n) is 3.43. The van der Waals surface area contributed by atoms with Crippen molar-refractivity contribution in [1.29, 1.82) is 0 Å². The van der Waals surface area contributed by atoms with Gasteiger partial charge in [0.1, 0.15) is 5.82 Å². The van der Waals surface area contributed by atoms with Crippen LogP contribution in [0.5, 0.6) is 0 Å². The van der Waals surface area contributed by atoms with E-state index in [1.807, 2.05) is 23.1 Å². The number of guanidine groups is 2. The van der Waals surface area contributed by atoms with Crippen LogP contribution in [0.15, 0.2) is 58.5 Å². The average Bonchev–Trinajstić information content (AvgIpc) is 2.74. The second kappa shape index (κ2) is 9.77. The molecule has 2 aromatic rings. The number of halogens is 2. The van der Waals surface area contributed by atoms with Crippen molar-refractivity contribution in [3.8, 4) is 0 Å². The molecule has 4 rings (SSSR count). The van der Waals surface area contributed by atoms with Gasteiger partial charge in [0, 0.05) is 18.8 Å². The first-order valence-electron chi connectivity index (χ1n) is 9.79. The molecule has 2 aromatic carbocycles. The first-order chi connectivity index (χ1) is 14.1. The molecule has 0 amide bonds. The quantitative estimate of drug-likeness (QED) is 0.776. The van der Waals surface area contributed by atoms with Gasteiger partial charge >= 0.3 is 0 Å². The van der Waals surface area contributed by atoms with E-state index in [0.29, 0.717) is 38.0 Å². The smallest absolute Gasteiger partial charge is 0.222 e. The molecule has 9 heteroatoms. The molecule has 0 aromatic heterocycles. The summed E-state index contributed by atoms with van der Waals surface area (Å²) < 4.78 is 19.5. The third-order valence-electron chi connectivity index (χ3n) is 4.97. The summed E-state index contributed by atoms with van der Waals surface area (Å²) in [5, 5.41) is 3.40. The molecule has 2 aliphatic rings. The Morgan fingerprint density at radius 3 is 2.57 bits per heavy atom. The third kappa shape index (κ3) is 4.83. The van der Waals surface area contributed by atoms with Gasteiger partial charge in [-0.2, -0.15) is 4.99 Å². The predicted molar refractivity (Wildman–Crippen MR) is 121 cm³/mol. The van der Waals surface area contributed by atoms with Crippen molar-refractivity contribution in [2.24, 2.45) is 15.7 Å². The topological polar surface area (TPSA) is 78.5 Å². The van der Waals surface area contributed by atoms with Crippen molar-refractivity contribution in [3.05, 3.63) is 59.9 Å². The highest BCUT2D eigenvalue weighted by Gasteiger charge is 2.32. The van der Waals surface area contributed by atoms with Crippen molar-refractivity contribution >= 4 is 35.7 Å². The Hall–Kier alpha value is -2.84. The summed E-state index contributed by atoms with van der Waals surface area (Å²) in [5.41, 5.74) is 8.85. The molecule has 1 fully saturated rings. The number of anilines is 2. The van der Waals surface area contributed by atoms with Crippen LogP contribution in [0, 0.1) is 5.82 Å². The second-order valence-electron chi connectivity index (χ2n) is 6.92. The molecule has 0 spiro atoms. The Labute approximate surface area is 181 Å². The minimum Gasteiger partial charge on any atom is -0.378 e. The lowest BCUT2D eigenvalue weighted by atomic mass is 10.1. The van der Waals surface area contributed by atoms with Crippen LogP contribution in [0.25, 0.3) is 0 Å². The van der Waals surface area contributed by atoms with E-state index in [-0.39, 0.29) is 24.2 Å². The van der Waals surface area contributed by atoms with Gasteiger partial charge in [0.05, 0.1) is 18.9 Å². The van der Waals surface area contributed by atoms with E-state index in [0.717, 1.165) is 12.1 Å². The first kappa shape index (κ1) is 21.9. The molecular formula is C21H26ClFN6O. The fourth-order valence-corrected chi connectivity index (χ4v) is 3.43. The van der Waals surface area contributed by atoms with E-state index in [1.165, 1.54) is 17.7 Å². The Balaban J connectivity index is 0.00000256. The summed E-state index contributed by atoms with van der Waals surface area (Å²) >= 11 is 0. The summed E-state index contributed by atoms with van der Waals surface area (Å²) in [6.45, 7) is 4.67. The van der Waals surface area contributed by atoms with Crippen LogP contribution in [0.1, 0.15) is 12.5 Å². The summed E-state index contributed by atoms with van der Waals surface area (Å²) in [5.74, 6) is 0.494. The van der Waals surface area contributed by atoms with E-state index < -0.39 is 6.29 Å². The maximum atomic E-state index is 14.0. The van der Waals surface area contributed by atoms with E-state index in [4.69, 9.17) is 10.5 Å². The Bertz CT molecular complexity index is 914. The molecule has 3 N–H and O–H groups in total. The SMILES string of the molecule is CCc1ccc(NC2N=C(N)N=C(N3CCOCC3)N2c2cccc(F)c2)cc1.Cl. The predicted octanol–water partition coefficient (Wildman–Crippen LogP) is 3.03. The molecule has 2 aliphatic heterocycles. The van der Waals surface area contributed by atoms with Crippen molar-refractivity contribution < 1.29 is 9.13 Å². The van der Waals surface area contributed by atoms with Crippen LogP contribution in [0.3, 0.4) is 0 Å². The summed E-state index contributed by atoms with van der Waals surface area (Å²) in [4.78, 5) is 12.9. The van der Waals surface area contributed by atoms with Crippen LogP contribution in [-0.2, 0) is 11.2 Å². The first-order valence-corrected chi connectivity index (χ1v) is 9.79. The number of nitrogens with one attached hydrogen (secondary N) is 1. The Kier molecular flexibility index (Phi) is 7.12. The highest BCUT2D eigenvalue weighted by Crippen LogP contribution is 2.25. The van der Waals surface area contributed by atoms with Gasteiger partial charge in [-0.15, -0.1) is 12.4 Å². The zero-order chi connectivity index (χ0) is 20.2. The van der Waals surface area contributed by atoms with E-state index in [1.54, 1.807) is 6.07 Å². The standard InChI is InChI=1S/C21H25FN6O.ClH/c1-2-15-6-8-17(9-7-15)24-20-25-19(23)26-21(27-10-12-29-13-11-27)28(20)18-5-3-4-16(22)14-18;/h3-9,14,20,24H,2,10-13H2,1H3,(H2,23,25);1H. The van der Waals surface area contributed by atoms with Gasteiger partial charge in [-0.05, 0) is 42.3 Å². The summed E-state index contributed by atoms with van der Waals surface area (Å²) in [6, 6.07) is 14.6. The zero-order valence-corrected chi connectivity index (χ0v) is 17.6. The monoisotopic (exact) mass is 432 g/mol. The van der Waals surface area contributed by atoms with Crippen LogP contribution < -0.4 is 16.0 Å². The maximum absolute atomic E-state index is 14.0. The fraction of sp³-hybridized carbons (Fsp3) is 0.333. The van der Waals surface area contributed by atoms with Gasteiger partial charge < -0.3 is 20.7 Å². The van der Waals surface area contributed by atoms with Crippen LogP contribution in [0.2, 0.25) is 0 Å². The van der Waals surface area contributed by atoms with Crippen LogP contribution in [0.4, 0.5) is 15.8 Å². The lowest BCUT2D eigenvalue weighted by molar-refractivity contribution is 0.0671. The number of aryl methyl sites for hydroxylation is 1. The number of nitrogens with zero attached hydrogens (tertiary/aromatic N) is 4. The molecule has 30 heavy (non-hydrogen) atoms. The normalized spacial score (nSPS) is 18.9. The third-order valence-corrected chi connectivity index (χ3v) is 4.97. The lowest BCUT2D eigenvalue weighted by Crippen LogP contribution is -2.57. The summed E-state index contributed by atoms with van der Waals surface area (Å²) in [7, 11) is 0. The van der Waals surface area contributed by atoms with E-state index in [9.17, 15) is 4.39 Å². The minimum absolute atomic E-state index is 0. The van der Waals surface area contributed by atoms with E-state index >= 15 is 0 Å². The molecule has 1 unspecified atom stereocenters. The molecule has 2 heterocycles. The number of morpholine rings is 1. The number of benzene rings is 2. The largest absolute Gasteiger partial charge is 0.378 e. The van der Waals surface area contributed by atoms with Crippen LogP contribution >= 0.6 is 12.4 Å². The number of hydrogen-bond donors (Lipinski definition) is 2. The van der Waals surface area contributed by atoms with Gasteiger partial charge in [0.25, 0.3) is 0 Å². The number of ether oxygens (including phenoxy) is 1. The van der Waals surface area contributed by atoms with Crippen LogP contribution in [-0.4, -0.2) is 49.4 Å². The maximum Gasteiger partial charge on any atom is 0.222 e. The van der Waals surface area contributed by atoms with Crippen molar-refractivity contribution in [2.45, 2.75) is 19.6 Å². The molecule has 1 saturated heterocycles. The molecule has 0 saturated carbocycles. The molecule has 0 bridgehead atoms. The van der Waals surface area contributed by atoms with E-state index in [2.05, 4.69) is 39.3 Å². The molecular weight excluding hydrogens is 407 g/mol. The highest BCUT2D eigenvalue weighted by molar-refractivity contribution is 6.06. The highest BCUT2D eigenvalue weighted by atomic mass is 35.5. The number of nitrogens with two attached hydrogens (primary N) is 1. The average molecular weight is 433 g/mol. The number of rotatable bonds is 4. The Morgan fingerprint density at radius 1 is 1.17 bits per heavy atom. The molecule has 7 nitrogen and oxygen atoms in total. The van der Waals surface area contributed by atoms with Crippen molar-refractivity contribution in [3.63, 3.8) is 0 Å². The molecule has 0 radical (unpaired) electrons. The number of aliphatic imine (C=N–C) groups is 2. The Morgan fingerprint density at radius 2 is 1.90 bits per heavy atom. The lowest BCUT2D eigenvalue weighted by Gasteiger charge is -2.41. The van der Waals surface area contributed by atoms with Crippen molar-refractivity contribution in [2.75, 3.05) is 36.5 Å². The van der Waals surface area contributed by atoms with Gasteiger partial charge in [0.15, 0.2) is 0 Å².